The molecule has 0 unspecified atom stereocenters. The summed E-state index contributed by atoms with van der Waals surface area (Å²) in [5.74, 6) is 1.50. The van der Waals surface area contributed by atoms with E-state index in [1.54, 1.807) is 0 Å². The third kappa shape index (κ3) is 4.15. The molecule has 2 atom stereocenters. The quantitative estimate of drug-likeness (QED) is 0.913. The van der Waals surface area contributed by atoms with Gasteiger partial charge in [0, 0.05) is 39.3 Å². The zero-order valence-electron chi connectivity index (χ0n) is 15.0. The lowest BCUT2D eigenvalue weighted by Gasteiger charge is -2.26. The first-order chi connectivity index (χ1) is 12.3. The molecule has 5 nitrogen and oxygen atoms in total. The first-order valence-electron chi connectivity index (χ1n) is 9.68. The van der Waals surface area contributed by atoms with Gasteiger partial charge in [-0.3, -0.25) is 4.90 Å². The molecule has 0 bridgehead atoms. The lowest BCUT2D eigenvalue weighted by atomic mass is 10.0. The average molecular weight is 343 g/mol. The van der Waals surface area contributed by atoms with Gasteiger partial charge in [0.25, 0.3) is 0 Å². The molecule has 0 aromatic heterocycles. The van der Waals surface area contributed by atoms with Crippen LogP contribution in [0.15, 0.2) is 24.3 Å². The van der Waals surface area contributed by atoms with Crippen LogP contribution >= 0.6 is 0 Å². The van der Waals surface area contributed by atoms with Crippen molar-refractivity contribution in [3.05, 3.63) is 35.4 Å². The van der Waals surface area contributed by atoms with E-state index in [4.69, 9.17) is 4.74 Å². The van der Waals surface area contributed by atoms with Gasteiger partial charge in [0.15, 0.2) is 0 Å². The van der Waals surface area contributed by atoms with E-state index in [0.29, 0.717) is 6.54 Å². The fourth-order valence-electron chi connectivity index (χ4n) is 4.55. The third-order valence-electron chi connectivity index (χ3n) is 5.96. The minimum atomic E-state index is 0.105. The highest BCUT2D eigenvalue weighted by Gasteiger charge is 2.37. The van der Waals surface area contributed by atoms with Crippen molar-refractivity contribution in [1.29, 1.82) is 0 Å². The topological polar surface area (TPSA) is 44.8 Å². The number of carbonyl (C=O) groups excluding carboxylic acids is 1. The minimum Gasteiger partial charge on any atom is -0.379 e. The lowest BCUT2D eigenvalue weighted by Crippen LogP contribution is -2.38. The maximum atomic E-state index is 12.4. The summed E-state index contributed by atoms with van der Waals surface area (Å²) in [6, 6.07) is 8.68. The number of fused-ring (bicyclic) bond motifs is 1. The fourth-order valence-corrected chi connectivity index (χ4v) is 4.55. The number of nitrogens with one attached hydrogen (secondary N) is 1. The zero-order chi connectivity index (χ0) is 17.1. The van der Waals surface area contributed by atoms with Gasteiger partial charge in [-0.2, -0.15) is 0 Å². The predicted molar refractivity (Wildman–Crippen MR) is 97.2 cm³/mol. The Kier molecular flexibility index (Phi) is 5.22. The summed E-state index contributed by atoms with van der Waals surface area (Å²) in [4.78, 5) is 16.9. The molecule has 2 heterocycles. The summed E-state index contributed by atoms with van der Waals surface area (Å²) in [5, 5.41) is 3.11. The SMILES string of the molecule is O=C(NCc1cccc(CN2CCOCC2)c1)N1C[C@H]2CCC[C@@H]2C1. The van der Waals surface area contributed by atoms with Crippen LogP contribution in [0, 0.1) is 11.8 Å². The molecule has 3 aliphatic rings. The summed E-state index contributed by atoms with van der Waals surface area (Å²) >= 11 is 0. The highest BCUT2D eigenvalue weighted by molar-refractivity contribution is 5.74. The van der Waals surface area contributed by atoms with Crippen molar-refractivity contribution in [1.82, 2.24) is 15.1 Å². The Balaban J connectivity index is 1.27. The molecular formula is C20H29N3O2. The Bertz CT molecular complexity index is 588. The largest absolute Gasteiger partial charge is 0.379 e. The van der Waals surface area contributed by atoms with Gasteiger partial charge in [-0.1, -0.05) is 30.7 Å². The van der Waals surface area contributed by atoms with Gasteiger partial charge in [-0.05, 0) is 35.8 Å². The Morgan fingerprint density at radius 1 is 1.12 bits per heavy atom. The van der Waals surface area contributed by atoms with Crippen LogP contribution in [0.4, 0.5) is 4.79 Å². The van der Waals surface area contributed by atoms with E-state index >= 15 is 0 Å². The van der Waals surface area contributed by atoms with Crippen LogP contribution in [-0.4, -0.2) is 55.2 Å². The van der Waals surface area contributed by atoms with Crippen molar-refractivity contribution in [2.45, 2.75) is 32.4 Å². The number of rotatable bonds is 4. The molecule has 0 spiro atoms. The molecule has 2 saturated heterocycles. The van der Waals surface area contributed by atoms with Crippen LogP contribution in [0.25, 0.3) is 0 Å². The second kappa shape index (κ2) is 7.75. The summed E-state index contributed by atoms with van der Waals surface area (Å²) in [7, 11) is 0. The Morgan fingerprint density at radius 2 is 1.84 bits per heavy atom. The van der Waals surface area contributed by atoms with Gasteiger partial charge in [-0.25, -0.2) is 4.79 Å². The van der Waals surface area contributed by atoms with Crippen LogP contribution < -0.4 is 5.32 Å². The predicted octanol–water partition coefficient (Wildman–Crippen LogP) is 2.46. The van der Waals surface area contributed by atoms with E-state index in [1.807, 2.05) is 4.90 Å². The van der Waals surface area contributed by atoms with E-state index < -0.39 is 0 Å². The number of morpholine rings is 1. The van der Waals surface area contributed by atoms with Crippen molar-refractivity contribution in [3.63, 3.8) is 0 Å². The molecule has 0 radical (unpaired) electrons. The Morgan fingerprint density at radius 3 is 2.60 bits per heavy atom. The van der Waals surface area contributed by atoms with E-state index in [2.05, 4.69) is 34.5 Å². The number of urea groups is 1. The Labute approximate surface area is 150 Å². The number of likely N-dealkylation sites (tertiary alicyclic amines) is 1. The van der Waals surface area contributed by atoms with E-state index in [0.717, 1.165) is 57.8 Å². The second-order valence-corrected chi connectivity index (χ2v) is 7.72. The van der Waals surface area contributed by atoms with Crippen LogP contribution in [0.3, 0.4) is 0 Å². The molecular weight excluding hydrogens is 314 g/mol. The molecule has 1 aromatic carbocycles. The first-order valence-corrected chi connectivity index (χ1v) is 9.68. The molecule has 2 aliphatic heterocycles. The molecule has 1 saturated carbocycles. The van der Waals surface area contributed by atoms with Gasteiger partial charge in [0.05, 0.1) is 13.2 Å². The van der Waals surface area contributed by atoms with Crippen molar-refractivity contribution in [2.75, 3.05) is 39.4 Å². The number of benzene rings is 1. The fraction of sp³-hybridized carbons (Fsp3) is 0.650. The van der Waals surface area contributed by atoms with E-state index in [-0.39, 0.29) is 6.03 Å². The van der Waals surface area contributed by atoms with Crippen molar-refractivity contribution in [2.24, 2.45) is 11.8 Å². The molecule has 3 fully saturated rings. The van der Waals surface area contributed by atoms with Gasteiger partial charge < -0.3 is 15.0 Å². The number of hydrogen-bond donors (Lipinski definition) is 1. The summed E-state index contributed by atoms with van der Waals surface area (Å²) in [6.07, 6.45) is 3.96. The molecule has 1 aromatic rings. The van der Waals surface area contributed by atoms with Crippen LogP contribution in [0.2, 0.25) is 0 Å². The highest BCUT2D eigenvalue weighted by Crippen LogP contribution is 2.37. The lowest BCUT2D eigenvalue weighted by molar-refractivity contribution is 0.0342. The van der Waals surface area contributed by atoms with E-state index in [9.17, 15) is 4.79 Å². The molecule has 25 heavy (non-hydrogen) atoms. The monoisotopic (exact) mass is 343 g/mol. The zero-order valence-corrected chi connectivity index (χ0v) is 15.0. The molecule has 1 N–H and O–H groups in total. The average Bonchev–Trinajstić information content (AvgIpc) is 3.23. The maximum Gasteiger partial charge on any atom is 0.317 e. The molecule has 4 rings (SSSR count). The molecule has 1 aliphatic carbocycles. The van der Waals surface area contributed by atoms with Crippen LogP contribution in [0.1, 0.15) is 30.4 Å². The maximum absolute atomic E-state index is 12.4. The van der Waals surface area contributed by atoms with Gasteiger partial charge in [0.2, 0.25) is 0 Å². The number of carbonyl (C=O) groups is 1. The Hall–Kier alpha value is -1.59. The summed E-state index contributed by atoms with van der Waals surface area (Å²) in [5.41, 5.74) is 2.49. The number of amides is 2. The molecule has 5 heteroatoms. The van der Waals surface area contributed by atoms with Crippen molar-refractivity contribution < 1.29 is 9.53 Å². The number of nitrogens with zero attached hydrogens (tertiary/aromatic N) is 2. The summed E-state index contributed by atoms with van der Waals surface area (Å²) in [6.45, 7) is 7.13. The van der Waals surface area contributed by atoms with Gasteiger partial charge in [0.1, 0.15) is 0 Å². The molecule has 136 valence electrons. The summed E-state index contributed by atoms with van der Waals surface area (Å²) < 4.78 is 5.41. The number of hydrogen-bond acceptors (Lipinski definition) is 3. The first kappa shape index (κ1) is 16.9. The number of ether oxygens (including phenoxy) is 1. The second-order valence-electron chi connectivity index (χ2n) is 7.72. The van der Waals surface area contributed by atoms with Gasteiger partial charge >= 0.3 is 6.03 Å². The highest BCUT2D eigenvalue weighted by atomic mass is 16.5. The standard InChI is InChI=1S/C20H29N3O2/c24-20(23-14-18-5-2-6-19(18)15-23)21-12-16-3-1-4-17(11-16)13-22-7-9-25-10-8-22/h1,3-4,11,18-19H,2,5-10,12-15H2,(H,21,24)/t18-,19-/m1/s1. The van der Waals surface area contributed by atoms with E-state index in [1.165, 1.54) is 30.4 Å². The smallest absolute Gasteiger partial charge is 0.317 e. The van der Waals surface area contributed by atoms with Gasteiger partial charge in [-0.15, -0.1) is 0 Å². The van der Waals surface area contributed by atoms with Crippen LogP contribution in [0.5, 0.6) is 0 Å². The van der Waals surface area contributed by atoms with Crippen LogP contribution in [-0.2, 0) is 17.8 Å². The third-order valence-corrected chi connectivity index (χ3v) is 5.96. The molecule has 2 amide bonds. The van der Waals surface area contributed by atoms with Crippen molar-refractivity contribution >= 4 is 6.03 Å². The normalized spacial score (nSPS) is 26.6. The minimum absolute atomic E-state index is 0.105. The van der Waals surface area contributed by atoms with Crippen molar-refractivity contribution in [3.8, 4) is 0 Å².